The molecule has 2 N–H and O–H groups in total. The van der Waals surface area contributed by atoms with Gasteiger partial charge >= 0.3 is 0 Å². The lowest BCUT2D eigenvalue weighted by Gasteiger charge is -2.47. The van der Waals surface area contributed by atoms with Gasteiger partial charge in [-0.15, -0.1) is 0 Å². The minimum absolute atomic E-state index is 0.151. The van der Waals surface area contributed by atoms with Gasteiger partial charge in [0.1, 0.15) is 11.3 Å². The van der Waals surface area contributed by atoms with Crippen LogP contribution in [0.2, 0.25) is 0 Å². The van der Waals surface area contributed by atoms with Crippen molar-refractivity contribution >= 4 is 28.4 Å². The number of anilines is 2. The number of rotatable bonds is 4. The first-order valence-electron chi connectivity index (χ1n) is 13.0. The van der Waals surface area contributed by atoms with Crippen molar-refractivity contribution in [2.75, 3.05) is 23.7 Å². The molecule has 6 rings (SSSR count). The second-order valence-electron chi connectivity index (χ2n) is 11.3. The molecule has 3 aliphatic rings. The Labute approximate surface area is 206 Å². The zero-order valence-corrected chi connectivity index (χ0v) is 21.2. The lowest BCUT2D eigenvalue weighted by atomic mass is 9.83. The van der Waals surface area contributed by atoms with Crippen molar-refractivity contribution in [3.63, 3.8) is 0 Å². The van der Waals surface area contributed by atoms with E-state index in [-0.39, 0.29) is 18.0 Å². The molecule has 2 fully saturated rings. The number of nitrogens with two attached hydrogens (primary N) is 1. The van der Waals surface area contributed by atoms with E-state index in [4.69, 9.17) is 15.7 Å². The van der Waals surface area contributed by atoms with Gasteiger partial charge in [-0.25, -0.2) is 9.97 Å². The highest BCUT2D eigenvalue weighted by Crippen LogP contribution is 2.46. The Balaban J connectivity index is 1.34. The van der Waals surface area contributed by atoms with Gasteiger partial charge in [-0.2, -0.15) is 0 Å². The third-order valence-corrected chi connectivity index (χ3v) is 8.26. The number of nitrogen functional groups attached to an aromatic ring is 1. The number of piperidine rings is 1. The number of likely N-dealkylation sites (tertiary alicyclic amines) is 1. The van der Waals surface area contributed by atoms with Gasteiger partial charge in [-0.05, 0) is 78.6 Å². The van der Waals surface area contributed by atoms with Crippen molar-refractivity contribution in [3.05, 3.63) is 30.4 Å². The van der Waals surface area contributed by atoms with Crippen molar-refractivity contribution in [1.29, 1.82) is 0 Å². The minimum Gasteiger partial charge on any atom is -0.382 e. The average molecular weight is 474 g/mol. The molecule has 2 aliphatic heterocycles. The molecule has 8 nitrogen and oxygen atoms in total. The van der Waals surface area contributed by atoms with Crippen LogP contribution >= 0.6 is 0 Å². The zero-order chi connectivity index (χ0) is 24.5. The predicted molar refractivity (Wildman–Crippen MR) is 138 cm³/mol. The van der Waals surface area contributed by atoms with Gasteiger partial charge in [0.2, 0.25) is 5.91 Å². The molecule has 0 spiro atoms. The van der Waals surface area contributed by atoms with Crippen LogP contribution in [-0.2, 0) is 10.2 Å². The fraction of sp³-hybridized carbons (Fsp3) is 0.556. The molecule has 184 valence electrons. The van der Waals surface area contributed by atoms with Crippen LogP contribution < -0.4 is 10.6 Å². The molecule has 0 aromatic carbocycles. The first-order chi connectivity index (χ1) is 16.8. The monoisotopic (exact) mass is 473 g/mol. The first-order valence-corrected chi connectivity index (χ1v) is 13.0. The quantitative estimate of drug-likeness (QED) is 0.607. The van der Waals surface area contributed by atoms with Crippen LogP contribution in [0.5, 0.6) is 0 Å². The van der Waals surface area contributed by atoms with Gasteiger partial charge in [0.05, 0.1) is 34.3 Å². The van der Waals surface area contributed by atoms with Crippen LogP contribution in [0.4, 0.5) is 11.5 Å². The molecule has 1 saturated heterocycles. The number of amides is 1. The summed E-state index contributed by atoms with van der Waals surface area (Å²) in [5.41, 5.74) is 10.8. The number of carbonyl (C=O) groups is 1. The van der Waals surface area contributed by atoms with Crippen molar-refractivity contribution in [3.8, 4) is 11.3 Å². The standard InChI is InChI=1S/C27H35N7O/c1-16(2)33-15-30-21-13-20(31-25(28)23(21)33)17-10-22-24(29-14-17)27(3,4)26(35)34(22)19-11-18(12-19)32-8-6-5-7-9-32/h10,13-16,18-19H,5-9,11-12H2,1-4H3,(H2,28,31). The van der Waals surface area contributed by atoms with Crippen LogP contribution in [-0.4, -0.2) is 55.5 Å². The van der Waals surface area contributed by atoms with Gasteiger partial charge < -0.3 is 20.1 Å². The number of hydrogen-bond donors (Lipinski definition) is 1. The van der Waals surface area contributed by atoms with Crippen LogP contribution in [0, 0.1) is 0 Å². The molecular formula is C27H35N7O. The summed E-state index contributed by atoms with van der Waals surface area (Å²) in [6.45, 7) is 10.6. The number of fused-ring (bicyclic) bond motifs is 2. The van der Waals surface area contributed by atoms with E-state index in [0.29, 0.717) is 11.9 Å². The fourth-order valence-electron chi connectivity index (χ4n) is 6.11. The van der Waals surface area contributed by atoms with E-state index in [9.17, 15) is 4.79 Å². The summed E-state index contributed by atoms with van der Waals surface area (Å²) >= 11 is 0. The molecule has 1 saturated carbocycles. The third kappa shape index (κ3) is 3.44. The van der Waals surface area contributed by atoms with E-state index in [1.165, 1.54) is 32.4 Å². The molecule has 0 radical (unpaired) electrons. The summed E-state index contributed by atoms with van der Waals surface area (Å²) < 4.78 is 2.04. The van der Waals surface area contributed by atoms with E-state index in [1.54, 1.807) is 0 Å². The molecule has 35 heavy (non-hydrogen) atoms. The molecule has 8 heteroatoms. The summed E-state index contributed by atoms with van der Waals surface area (Å²) in [6.07, 6.45) is 9.64. The number of aromatic nitrogens is 4. The number of hydrogen-bond acceptors (Lipinski definition) is 6. The van der Waals surface area contributed by atoms with E-state index in [0.717, 1.165) is 46.5 Å². The van der Waals surface area contributed by atoms with Gasteiger partial charge in [0.15, 0.2) is 0 Å². The molecular weight excluding hydrogens is 438 g/mol. The summed E-state index contributed by atoms with van der Waals surface area (Å²) in [5, 5.41) is 0. The van der Waals surface area contributed by atoms with E-state index in [2.05, 4.69) is 29.8 Å². The summed E-state index contributed by atoms with van der Waals surface area (Å²) in [5.74, 6) is 0.610. The zero-order valence-electron chi connectivity index (χ0n) is 21.2. The molecule has 1 aliphatic carbocycles. The van der Waals surface area contributed by atoms with Gasteiger partial charge in [-0.3, -0.25) is 9.78 Å². The lowest BCUT2D eigenvalue weighted by molar-refractivity contribution is -0.123. The molecule has 0 atom stereocenters. The topological polar surface area (TPSA) is 93.2 Å². The summed E-state index contributed by atoms with van der Waals surface area (Å²) in [6, 6.07) is 5.12. The third-order valence-electron chi connectivity index (χ3n) is 8.26. The highest BCUT2D eigenvalue weighted by Gasteiger charge is 2.51. The highest BCUT2D eigenvalue weighted by atomic mass is 16.2. The minimum atomic E-state index is -0.628. The van der Waals surface area contributed by atoms with E-state index >= 15 is 0 Å². The highest BCUT2D eigenvalue weighted by molar-refractivity contribution is 6.08. The molecule has 3 aromatic heterocycles. The summed E-state index contributed by atoms with van der Waals surface area (Å²) in [4.78, 5) is 32.3. The van der Waals surface area contributed by atoms with Crippen molar-refractivity contribution in [1.82, 2.24) is 24.4 Å². The number of nitrogens with zero attached hydrogens (tertiary/aromatic N) is 6. The van der Waals surface area contributed by atoms with E-state index in [1.807, 2.05) is 41.9 Å². The average Bonchev–Trinajstić information content (AvgIpc) is 3.33. The van der Waals surface area contributed by atoms with Crippen molar-refractivity contribution in [2.45, 2.75) is 83.3 Å². The Hall–Kier alpha value is -3.00. The largest absolute Gasteiger partial charge is 0.382 e. The molecule has 0 unspecified atom stereocenters. The molecule has 1 amide bonds. The van der Waals surface area contributed by atoms with Crippen LogP contribution in [0.15, 0.2) is 24.7 Å². The normalized spacial score (nSPS) is 24.3. The van der Waals surface area contributed by atoms with Gasteiger partial charge in [0, 0.05) is 29.9 Å². The molecule has 5 heterocycles. The predicted octanol–water partition coefficient (Wildman–Crippen LogP) is 4.30. The van der Waals surface area contributed by atoms with Crippen LogP contribution in [0.25, 0.3) is 22.3 Å². The molecule has 0 bridgehead atoms. The second-order valence-corrected chi connectivity index (χ2v) is 11.3. The maximum Gasteiger partial charge on any atom is 0.239 e. The fourth-order valence-corrected chi connectivity index (χ4v) is 6.11. The second kappa shape index (κ2) is 8.01. The lowest BCUT2D eigenvalue weighted by Crippen LogP contribution is -2.57. The number of carbonyl (C=O) groups excluding carboxylic acids is 1. The Morgan fingerprint density at radius 3 is 2.51 bits per heavy atom. The smallest absolute Gasteiger partial charge is 0.239 e. The Bertz CT molecular complexity index is 1300. The Morgan fingerprint density at radius 1 is 1.06 bits per heavy atom. The summed E-state index contributed by atoms with van der Waals surface area (Å²) in [7, 11) is 0. The van der Waals surface area contributed by atoms with Crippen LogP contribution in [0.1, 0.15) is 71.5 Å². The van der Waals surface area contributed by atoms with Gasteiger partial charge in [0.25, 0.3) is 0 Å². The first kappa shape index (κ1) is 22.5. The SMILES string of the molecule is CC(C)n1cnc2cc(-c3cnc4c(c3)N(C3CC(N5CCCCC5)C3)C(=O)C4(C)C)nc(N)c21. The van der Waals surface area contributed by atoms with Crippen molar-refractivity contribution < 1.29 is 4.79 Å². The maximum atomic E-state index is 13.6. The van der Waals surface area contributed by atoms with Crippen LogP contribution in [0.3, 0.4) is 0 Å². The Kier molecular flexibility index (Phi) is 5.14. The number of imidazole rings is 1. The number of pyridine rings is 2. The molecule has 3 aromatic rings. The van der Waals surface area contributed by atoms with E-state index < -0.39 is 5.41 Å². The van der Waals surface area contributed by atoms with Gasteiger partial charge in [-0.1, -0.05) is 6.42 Å². The maximum absolute atomic E-state index is 13.6. The van der Waals surface area contributed by atoms with Crippen molar-refractivity contribution in [2.24, 2.45) is 0 Å². The Morgan fingerprint density at radius 2 is 1.80 bits per heavy atom.